The summed E-state index contributed by atoms with van der Waals surface area (Å²) in [7, 11) is 0. The highest BCUT2D eigenvalue weighted by Gasteiger charge is 2.31. The lowest BCUT2D eigenvalue weighted by atomic mass is 9.96. The maximum absolute atomic E-state index is 9.58. The molecule has 0 saturated carbocycles. The molecule has 3 aromatic carbocycles. The van der Waals surface area contributed by atoms with Crippen molar-refractivity contribution in [2.24, 2.45) is 0 Å². The summed E-state index contributed by atoms with van der Waals surface area (Å²) in [4.78, 5) is 12.0. The Morgan fingerprint density at radius 3 is 2.09 bits per heavy atom. The fourth-order valence-electron chi connectivity index (χ4n) is 3.96. The number of hydrogen-bond donors (Lipinski definition) is 0. The Morgan fingerprint density at radius 1 is 0.750 bits per heavy atom. The van der Waals surface area contributed by atoms with Gasteiger partial charge in [-0.05, 0) is 39.6 Å². The van der Waals surface area contributed by atoms with Crippen LogP contribution < -0.4 is 0 Å². The molecule has 32 heavy (non-hydrogen) atoms. The number of aromatic nitrogens is 2. The summed E-state index contributed by atoms with van der Waals surface area (Å²) in [6.07, 6.45) is 0. The van der Waals surface area contributed by atoms with E-state index in [1.807, 2.05) is 72.8 Å². The second kappa shape index (κ2) is 7.19. The Hall–Kier alpha value is -5.30. The van der Waals surface area contributed by atoms with Gasteiger partial charge in [0.2, 0.25) is 0 Å². The highest BCUT2D eigenvalue weighted by Crippen LogP contribution is 2.45. The summed E-state index contributed by atoms with van der Waals surface area (Å²) in [5, 5.41) is 30.5. The van der Waals surface area contributed by atoms with Crippen LogP contribution in [0.15, 0.2) is 66.4 Å². The van der Waals surface area contributed by atoms with Crippen molar-refractivity contribution in [1.29, 1.82) is 15.8 Å². The number of hydrogen-bond acceptors (Lipinski definition) is 5. The summed E-state index contributed by atoms with van der Waals surface area (Å²) < 4.78 is 0. The lowest BCUT2D eigenvalue weighted by Crippen LogP contribution is -2.00. The van der Waals surface area contributed by atoms with Crippen LogP contribution in [0.5, 0.6) is 0 Å². The molecule has 6 heteroatoms. The van der Waals surface area contributed by atoms with E-state index in [0.29, 0.717) is 22.4 Å². The molecule has 0 atom stereocenters. The van der Waals surface area contributed by atoms with Gasteiger partial charge in [-0.1, -0.05) is 48.5 Å². The molecule has 0 bridgehead atoms. The molecular formula is C26H10N6. The zero-order chi connectivity index (χ0) is 22.2. The minimum absolute atomic E-state index is 0.0848. The maximum Gasteiger partial charge on any atom is 0.271 e. The van der Waals surface area contributed by atoms with Gasteiger partial charge in [0.1, 0.15) is 12.1 Å². The normalized spacial score (nSPS) is 12.6. The standard InChI is InChI=1S/C26H10N6/c1-30-23(14-29)24-20-11-18(17-7-6-15-4-2-3-5-16(15)10-17)8-9-19(20)25-26(24)32-22(13-28)21(12-27)31-25/h2-11H/b24-23+. The fourth-order valence-corrected chi connectivity index (χ4v) is 3.96. The quantitative estimate of drug-likeness (QED) is 0.280. The number of nitriles is 3. The smallest absolute Gasteiger partial charge is 0.233 e. The monoisotopic (exact) mass is 406 g/mol. The van der Waals surface area contributed by atoms with Crippen molar-refractivity contribution in [2.75, 3.05) is 0 Å². The molecule has 1 aromatic heterocycles. The Balaban J connectivity index is 1.78. The molecule has 1 aliphatic rings. The Bertz CT molecular complexity index is 1650. The molecule has 0 fully saturated rings. The average Bonchev–Trinajstić information content (AvgIpc) is 3.16. The first-order valence-electron chi connectivity index (χ1n) is 9.57. The summed E-state index contributed by atoms with van der Waals surface area (Å²) >= 11 is 0. The molecule has 0 saturated heterocycles. The summed E-state index contributed by atoms with van der Waals surface area (Å²) in [5.74, 6) is 0. The molecule has 1 aliphatic carbocycles. The van der Waals surface area contributed by atoms with Crippen molar-refractivity contribution in [3.8, 4) is 40.6 Å². The maximum atomic E-state index is 9.58. The zero-order valence-electron chi connectivity index (χ0n) is 16.5. The van der Waals surface area contributed by atoms with E-state index in [1.54, 1.807) is 0 Å². The van der Waals surface area contributed by atoms with Crippen LogP contribution in [0.2, 0.25) is 0 Å². The van der Waals surface area contributed by atoms with Gasteiger partial charge in [0, 0.05) is 11.1 Å². The highest BCUT2D eigenvalue weighted by atomic mass is 14.9. The van der Waals surface area contributed by atoms with E-state index in [9.17, 15) is 15.8 Å². The minimum atomic E-state index is -0.136. The van der Waals surface area contributed by atoms with E-state index in [1.165, 1.54) is 0 Å². The van der Waals surface area contributed by atoms with Gasteiger partial charge in [0.25, 0.3) is 5.70 Å². The van der Waals surface area contributed by atoms with Crippen molar-refractivity contribution in [1.82, 2.24) is 9.97 Å². The molecule has 0 aliphatic heterocycles. The van der Waals surface area contributed by atoms with Crippen LogP contribution in [0.25, 0.3) is 43.6 Å². The zero-order valence-corrected chi connectivity index (χ0v) is 16.5. The molecule has 0 radical (unpaired) electrons. The van der Waals surface area contributed by atoms with Gasteiger partial charge in [0.05, 0.1) is 24.0 Å². The molecule has 0 N–H and O–H groups in total. The van der Waals surface area contributed by atoms with Crippen LogP contribution in [0, 0.1) is 40.6 Å². The van der Waals surface area contributed by atoms with Crippen molar-refractivity contribution in [2.45, 2.75) is 0 Å². The topological polar surface area (TPSA) is 102 Å². The third-order valence-corrected chi connectivity index (χ3v) is 5.43. The van der Waals surface area contributed by atoms with Crippen LogP contribution in [-0.2, 0) is 0 Å². The Kier molecular flexibility index (Phi) is 4.20. The number of benzene rings is 3. The van der Waals surface area contributed by atoms with Gasteiger partial charge in [-0.15, -0.1) is 0 Å². The third-order valence-electron chi connectivity index (χ3n) is 5.43. The molecule has 0 unspecified atom stereocenters. The van der Waals surface area contributed by atoms with Crippen molar-refractivity contribution in [3.63, 3.8) is 0 Å². The largest absolute Gasteiger partial charge is 0.271 e. The first-order valence-corrected chi connectivity index (χ1v) is 9.57. The Morgan fingerprint density at radius 2 is 1.41 bits per heavy atom. The number of allylic oxidation sites excluding steroid dienone is 1. The SMILES string of the molecule is [C-]#[N+]/C(C#N)=C1\c2cc(-c3ccc4ccccc4c3)ccc2-c2nc(C#N)c(C#N)nc21. The van der Waals surface area contributed by atoms with Gasteiger partial charge in [0.15, 0.2) is 11.4 Å². The van der Waals surface area contributed by atoms with Gasteiger partial charge >= 0.3 is 0 Å². The number of fused-ring (bicyclic) bond motifs is 4. The van der Waals surface area contributed by atoms with Gasteiger partial charge in [-0.2, -0.15) is 10.5 Å². The molecule has 6 nitrogen and oxygen atoms in total. The molecule has 1 heterocycles. The van der Waals surface area contributed by atoms with Crippen LogP contribution in [0.1, 0.15) is 22.6 Å². The molecule has 144 valence electrons. The van der Waals surface area contributed by atoms with Crippen molar-refractivity contribution < 1.29 is 0 Å². The average molecular weight is 406 g/mol. The second-order valence-electron chi connectivity index (χ2n) is 7.11. The van der Waals surface area contributed by atoms with E-state index in [2.05, 4.69) is 20.9 Å². The van der Waals surface area contributed by atoms with E-state index in [-0.39, 0.29) is 22.8 Å². The number of rotatable bonds is 1. The minimum Gasteiger partial charge on any atom is -0.233 e. The van der Waals surface area contributed by atoms with Crippen molar-refractivity contribution in [3.05, 3.63) is 100 Å². The lowest BCUT2D eigenvalue weighted by Gasteiger charge is -2.08. The first kappa shape index (κ1) is 18.7. The highest BCUT2D eigenvalue weighted by molar-refractivity contribution is 6.02. The molecule has 5 rings (SSSR count). The van der Waals surface area contributed by atoms with E-state index < -0.39 is 0 Å². The second-order valence-corrected chi connectivity index (χ2v) is 7.11. The third kappa shape index (κ3) is 2.70. The summed E-state index contributed by atoms with van der Waals surface area (Å²) in [6.45, 7) is 7.47. The predicted molar refractivity (Wildman–Crippen MR) is 118 cm³/mol. The van der Waals surface area contributed by atoms with Gasteiger partial charge in [-0.25, -0.2) is 20.1 Å². The molecule has 0 spiro atoms. The van der Waals surface area contributed by atoms with Crippen LogP contribution in [-0.4, -0.2) is 9.97 Å². The van der Waals surface area contributed by atoms with E-state index >= 15 is 0 Å². The van der Waals surface area contributed by atoms with E-state index in [0.717, 1.165) is 21.9 Å². The van der Waals surface area contributed by atoms with Crippen molar-refractivity contribution >= 4 is 16.3 Å². The van der Waals surface area contributed by atoms with Gasteiger partial charge in [-0.3, -0.25) is 0 Å². The molecule has 4 aromatic rings. The Labute approximate surface area is 183 Å². The summed E-state index contributed by atoms with van der Waals surface area (Å²) in [6, 6.07) is 25.6. The summed E-state index contributed by atoms with van der Waals surface area (Å²) in [5.41, 5.74) is 3.86. The van der Waals surface area contributed by atoms with Crippen LogP contribution in [0.3, 0.4) is 0 Å². The molecule has 0 amide bonds. The van der Waals surface area contributed by atoms with E-state index in [4.69, 9.17) is 6.57 Å². The predicted octanol–water partition coefficient (Wildman–Crippen LogP) is 5.22. The van der Waals surface area contributed by atoms with Crippen LogP contribution in [0.4, 0.5) is 0 Å². The van der Waals surface area contributed by atoms with Crippen LogP contribution >= 0.6 is 0 Å². The number of nitrogens with zero attached hydrogens (tertiary/aromatic N) is 6. The lowest BCUT2D eigenvalue weighted by molar-refractivity contribution is 1.12. The van der Waals surface area contributed by atoms with Gasteiger partial charge < -0.3 is 0 Å². The first-order chi connectivity index (χ1) is 15.7. The fraction of sp³-hybridized carbons (Fsp3) is 0. The molecular weight excluding hydrogens is 396 g/mol.